The molecule has 2 rings (SSSR count). The summed E-state index contributed by atoms with van der Waals surface area (Å²) in [5.41, 5.74) is 2.14. The Balaban J connectivity index is 2.77. The van der Waals surface area contributed by atoms with Crippen LogP contribution in [0.4, 0.5) is 0 Å². The van der Waals surface area contributed by atoms with Crippen molar-refractivity contribution in [3.05, 3.63) is 52.3 Å². The van der Waals surface area contributed by atoms with Crippen molar-refractivity contribution in [3.8, 4) is 5.75 Å². The van der Waals surface area contributed by atoms with E-state index in [1.54, 1.807) is 12.1 Å². The molecule has 4 heteroatoms. The largest absolute Gasteiger partial charge is 0.426 e. The number of carbonyl (C=O) groups is 1. The number of H-pyrrole nitrogens is 1. The van der Waals surface area contributed by atoms with Crippen molar-refractivity contribution in [1.82, 2.24) is 4.98 Å². The van der Waals surface area contributed by atoms with Crippen molar-refractivity contribution in [2.45, 2.75) is 20.3 Å². The minimum atomic E-state index is -0.383. The number of esters is 1. The third-order valence-corrected chi connectivity index (χ3v) is 2.90. The summed E-state index contributed by atoms with van der Waals surface area (Å²) in [6.45, 7) is 6.88. The van der Waals surface area contributed by atoms with Gasteiger partial charge < -0.3 is 9.72 Å². The molecular formula is C15H15NO3. The maximum absolute atomic E-state index is 11.4. The summed E-state index contributed by atoms with van der Waals surface area (Å²) >= 11 is 0. The predicted molar refractivity (Wildman–Crippen MR) is 74.5 cm³/mol. The molecule has 1 N–H and O–H groups in total. The molecule has 2 aromatic rings. The van der Waals surface area contributed by atoms with E-state index < -0.39 is 0 Å². The molecule has 1 aromatic carbocycles. The number of allylic oxidation sites excluding steroid dienone is 1. The van der Waals surface area contributed by atoms with Gasteiger partial charge >= 0.3 is 5.97 Å². The number of fused-ring (bicyclic) bond motifs is 1. The number of benzene rings is 1. The average Bonchev–Trinajstić information content (AvgIpc) is 2.35. The lowest BCUT2D eigenvalue weighted by Gasteiger charge is -2.13. The Morgan fingerprint density at radius 1 is 1.47 bits per heavy atom. The summed E-state index contributed by atoms with van der Waals surface area (Å²) in [4.78, 5) is 25.4. The Kier molecular flexibility index (Phi) is 3.51. The van der Waals surface area contributed by atoms with Crippen molar-refractivity contribution in [3.63, 3.8) is 0 Å². The first-order chi connectivity index (χ1) is 9.02. The van der Waals surface area contributed by atoms with Crippen LogP contribution in [0.25, 0.3) is 10.9 Å². The number of hydrogen-bond acceptors (Lipinski definition) is 3. The molecule has 0 atom stereocenters. The van der Waals surface area contributed by atoms with Gasteiger partial charge in [0, 0.05) is 18.6 Å². The van der Waals surface area contributed by atoms with Gasteiger partial charge in [-0.1, -0.05) is 6.08 Å². The Hall–Kier alpha value is -2.36. The molecule has 0 aliphatic rings. The minimum Gasteiger partial charge on any atom is -0.426 e. The van der Waals surface area contributed by atoms with Gasteiger partial charge in [-0.05, 0) is 36.4 Å². The topological polar surface area (TPSA) is 59.2 Å². The molecule has 0 saturated heterocycles. The van der Waals surface area contributed by atoms with Crippen LogP contribution >= 0.6 is 0 Å². The Bertz CT molecular complexity index is 713. The van der Waals surface area contributed by atoms with Crippen molar-refractivity contribution in [1.29, 1.82) is 0 Å². The van der Waals surface area contributed by atoms with E-state index in [4.69, 9.17) is 4.74 Å². The van der Waals surface area contributed by atoms with Gasteiger partial charge in [0.05, 0.1) is 5.52 Å². The molecular weight excluding hydrogens is 242 g/mol. The summed E-state index contributed by atoms with van der Waals surface area (Å²) in [6, 6.07) is 5.13. The van der Waals surface area contributed by atoms with Gasteiger partial charge in [0.15, 0.2) is 0 Å². The van der Waals surface area contributed by atoms with E-state index in [2.05, 4.69) is 11.6 Å². The lowest BCUT2D eigenvalue weighted by atomic mass is 10.0. The molecule has 1 aromatic heterocycles. The second kappa shape index (κ2) is 5.10. The highest BCUT2D eigenvalue weighted by molar-refractivity contribution is 5.86. The number of aromatic amines is 1. The van der Waals surface area contributed by atoms with Gasteiger partial charge in [-0.25, -0.2) is 0 Å². The third-order valence-electron chi connectivity index (χ3n) is 2.90. The van der Waals surface area contributed by atoms with Crippen LogP contribution in [0.3, 0.4) is 0 Å². The van der Waals surface area contributed by atoms with Gasteiger partial charge in [-0.15, -0.1) is 6.58 Å². The number of nitrogens with one attached hydrogen (secondary N) is 1. The summed E-state index contributed by atoms with van der Waals surface area (Å²) in [6.07, 6.45) is 2.35. The molecule has 0 amide bonds. The average molecular weight is 257 g/mol. The predicted octanol–water partition coefficient (Wildman–Crippen LogP) is 2.49. The fraction of sp³-hybridized carbons (Fsp3) is 0.200. The minimum absolute atomic E-state index is 0.180. The van der Waals surface area contributed by atoms with Gasteiger partial charge in [0.2, 0.25) is 5.56 Å². The molecule has 0 aliphatic carbocycles. The van der Waals surface area contributed by atoms with Crippen LogP contribution in [-0.2, 0) is 11.2 Å². The monoisotopic (exact) mass is 257 g/mol. The number of hydrogen-bond donors (Lipinski definition) is 1. The number of ether oxygens (including phenoxy) is 1. The second-order valence-electron chi connectivity index (χ2n) is 4.36. The SMILES string of the molecule is C=CCc1cc2ccc(=O)[nH]c2c(C)c1OC(C)=O. The number of aromatic nitrogens is 1. The number of aryl methyl sites for hydroxylation is 1. The maximum Gasteiger partial charge on any atom is 0.308 e. The van der Waals surface area contributed by atoms with Crippen LogP contribution in [0.15, 0.2) is 35.6 Å². The first kappa shape index (κ1) is 13.1. The van der Waals surface area contributed by atoms with E-state index in [1.807, 2.05) is 13.0 Å². The van der Waals surface area contributed by atoms with Gasteiger partial charge in [-0.3, -0.25) is 9.59 Å². The van der Waals surface area contributed by atoms with Crippen LogP contribution < -0.4 is 10.3 Å². The molecule has 0 bridgehead atoms. The van der Waals surface area contributed by atoms with Crippen LogP contribution in [0.5, 0.6) is 5.75 Å². The van der Waals surface area contributed by atoms with Crippen LogP contribution in [0, 0.1) is 6.92 Å². The zero-order chi connectivity index (χ0) is 14.0. The first-order valence-electron chi connectivity index (χ1n) is 5.97. The van der Waals surface area contributed by atoms with Crippen LogP contribution in [-0.4, -0.2) is 11.0 Å². The van der Waals surface area contributed by atoms with E-state index in [-0.39, 0.29) is 11.5 Å². The molecule has 0 radical (unpaired) electrons. The molecule has 0 spiro atoms. The summed E-state index contributed by atoms with van der Waals surface area (Å²) < 4.78 is 5.27. The summed E-state index contributed by atoms with van der Waals surface area (Å²) in [7, 11) is 0. The summed E-state index contributed by atoms with van der Waals surface area (Å²) in [5, 5.41) is 0.907. The Labute approximate surface area is 110 Å². The number of carbonyl (C=O) groups excluding carboxylic acids is 1. The van der Waals surface area contributed by atoms with Crippen molar-refractivity contribution in [2.24, 2.45) is 0 Å². The highest BCUT2D eigenvalue weighted by atomic mass is 16.5. The van der Waals surface area contributed by atoms with Crippen molar-refractivity contribution < 1.29 is 9.53 Å². The lowest BCUT2D eigenvalue weighted by molar-refractivity contribution is -0.131. The fourth-order valence-electron chi connectivity index (χ4n) is 2.12. The lowest BCUT2D eigenvalue weighted by Crippen LogP contribution is -2.09. The van der Waals surface area contributed by atoms with E-state index in [1.165, 1.54) is 13.0 Å². The molecule has 1 heterocycles. The molecule has 0 unspecified atom stereocenters. The quantitative estimate of drug-likeness (QED) is 0.522. The summed E-state index contributed by atoms with van der Waals surface area (Å²) in [5.74, 6) is 0.118. The number of rotatable bonds is 3. The van der Waals surface area contributed by atoms with Crippen LogP contribution in [0.1, 0.15) is 18.1 Å². The fourth-order valence-corrected chi connectivity index (χ4v) is 2.12. The van der Waals surface area contributed by atoms with Crippen molar-refractivity contribution >= 4 is 16.9 Å². The zero-order valence-electron chi connectivity index (χ0n) is 10.9. The van der Waals surface area contributed by atoms with E-state index in [0.717, 1.165) is 16.5 Å². The first-order valence-corrected chi connectivity index (χ1v) is 5.97. The highest BCUT2D eigenvalue weighted by Gasteiger charge is 2.13. The van der Waals surface area contributed by atoms with Gasteiger partial charge in [0.25, 0.3) is 0 Å². The Morgan fingerprint density at radius 2 is 2.21 bits per heavy atom. The molecule has 0 saturated carbocycles. The molecule has 98 valence electrons. The Morgan fingerprint density at radius 3 is 2.84 bits per heavy atom. The molecule has 0 aliphatic heterocycles. The zero-order valence-corrected chi connectivity index (χ0v) is 10.9. The number of pyridine rings is 1. The molecule has 19 heavy (non-hydrogen) atoms. The van der Waals surface area contributed by atoms with Crippen molar-refractivity contribution in [2.75, 3.05) is 0 Å². The third kappa shape index (κ3) is 2.57. The second-order valence-corrected chi connectivity index (χ2v) is 4.36. The smallest absolute Gasteiger partial charge is 0.308 e. The molecule has 4 nitrogen and oxygen atoms in total. The van der Waals surface area contributed by atoms with E-state index in [0.29, 0.717) is 17.7 Å². The normalized spacial score (nSPS) is 10.4. The molecule has 0 fully saturated rings. The standard InChI is InChI=1S/C15H15NO3/c1-4-5-12-8-11-6-7-13(18)16-14(11)9(2)15(12)19-10(3)17/h4,6-8H,1,5H2,2-3H3,(H,16,18). The van der Waals surface area contributed by atoms with E-state index in [9.17, 15) is 9.59 Å². The van der Waals surface area contributed by atoms with Crippen LogP contribution in [0.2, 0.25) is 0 Å². The van der Waals surface area contributed by atoms with E-state index >= 15 is 0 Å². The van der Waals surface area contributed by atoms with Gasteiger partial charge in [0.1, 0.15) is 5.75 Å². The highest BCUT2D eigenvalue weighted by Crippen LogP contribution is 2.30. The van der Waals surface area contributed by atoms with Gasteiger partial charge in [-0.2, -0.15) is 0 Å². The maximum atomic E-state index is 11.4.